The van der Waals surface area contributed by atoms with Crippen LogP contribution in [-0.4, -0.2) is 46.4 Å². The van der Waals surface area contributed by atoms with E-state index in [0.717, 1.165) is 29.2 Å². The van der Waals surface area contributed by atoms with Gasteiger partial charge in [0.15, 0.2) is 17.2 Å². The van der Waals surface area contributed by atoms with E-state index < -0.39 is 42.3 Å². The zero-order valence-corrected chi connectivity index (χ0v) is 23.4. The fourth-order valence-corrected chi connectivity index (χ4v) is 5.09. The molecule has 5 aromatic rings. The van der Waals surface area contributed by atoms with Crippen molar-refractivity contribution in [2.75, 3.05) is 0 Å². The van der Waals surface area contributed by atoms with E-state index in [1.54, 1.807) is 0 Å². The largest absolute Gasteiger partial charge is 0.573 e. The maximum absolute atomic E-state index is 14.8. The highest BCUT2D eigenvalue weighted by atomic mass is 19.4. The minimum atomic E-state index is -5.08. The van der Waals surface area contributed by atoms with Crippen LogP contribution in [0.5, 0.6) is 5.75 Å². The fraction of sp³-hybridized carbons (Fsp3) is 0.321. The molecule has 18 heteroatoms. The van der Waals surface area contributed by atoms with Crippen molar-refractivity contribution < 1.29 is 44.3 Å². The second-order valence-corrected chi connectivity index (χ2v) is 10.5. The monoisotopic (exact) mass is 656 g/mol. The summed E-state index contributed by atoms with van der Waals surface area (Å²) in [5, 5.41) is 8.55. The van der Waals surface area contributed by atoms with Gasteiger partial charge in [0.05, 0.1) is 24.0 Å². The Bertz CT molecular complexity index is 1970. The lowest BCUT2D eigenvalue weighted by Crippen LogP contribution is -2.29. The van der Waals surface area contributed by atoms with Gasteiger partial charge in [-0.1, -0.05) is 24.3 Å². The highest BCUT2D eigenvalue weighted by Crippen LogP contribution is 2.46. The van der Waals surface area contributed by atoms with E-state index in [0.29, 0.717) is 28.5 Å². The number of hydrogen-bond acceptors (Lipinski definition) is 6. The molecule has 1 atom stereocenters. The quantitative estimate of drug-likeness (QED) is 0.186. The fourth-order valence-electron chi connectivity index (χ4n) is 5.09. The maximum atomic E-state index is 14.8. The smallest absolute Gasteiger partial charge is 0.405 e. The number of ether oxygens (including phenoxy) is 1. The van der Waals surface area contributed by atoms with E-state index in [1.807, 2.05) is 0 Å². The molecule has 0 spiro atoms. The van der Waals surface area contributed by atoms with Gasteiger partial charge in [-0.2, -0.15) is 13.2 Å². The predicted molar refractivity (Wildman–Crippen MR) is 142 cm³/mol. The van der Waals surface area contributed by atoms with Crippen LogP contribution in [0, 0.1) is 5.41 Å². The molecule has 46 heavy (non-hydrogen) atoms. The van der Waals surface area contributed by atoms with Crippen LogP contribution in [0.1, 0.15) is 42.0 Å². The Balaban J connectivity index is 1.45. The first-order chi connectivity index (χ1) is 21.6. The Hall–Kier alpha value is -4.90. The number of fused-ring (bicyclic) bond motifs is 1. The number of rotatable bonds is 8. The van der Waals surface area contributed by atoms with Crippen LogP contribution in [0.2, 0.25) is 0 Å². The summed E-state index contributed by atoms with van der Waals surface area (Å²) in [4.78, 5) is 16.2. The summed E-state index contributed by atoms with van der Waals surface area (Å²) in [7, 11) is 1.39. The molecule has 0 bridgehead atoms. The Morgan fingerprint density at radius 1 is 0.978 bits per heavy atom. The average molecular weight is 657 g/mol. The number of pyridine rings is 1. The van der Waals surface area contributed by atoms with E-state index in [1.165, 1.54) is 35.9 Å². The standard InChI is InChI=1S/C28H21F9N8O/c1-43-12-18(27(32,33)34)41-24(43)15-4-2-13(3-5-15)11-44-25-16(45(26(44)38)22(31)21(29)30)10-40-23(42-25)19-17(46-28(35,36)37)8-9-39-20(19)14-6-7-14/h2-5,8-10,12,14,21-22,38H,6-7,11H2,1H3. The third-order valence-electron chi connectivity index (χ3n) is 7.28. The van der Waals surface area contributed by atoms with Gasteiger partial charge in [-0.15, -0.1) is 13.2 Å². The van der Waals surface area contributed by atoms with Crippen LogP contribution in [0.4, 0.5) is 39.5 Å². The molecular formula is C28H21F9N8O. The molecule has 4 aromatic heterocycles. The van der Waals surface area contributed by atoms with Crippen LogP contribution in [0.15, 0.2) is 48.9 Å². The molecule has 1 fully saturated rings. The second-order valence-electron chi connectivity index (χ2n) is 10.5. The van der Waals surface area contributed by atoms with Crippen molar-refractivity contribution in [1.29, 1.82) is 5.41 Å². The third kappa shape index (κ3) is 5.90. The van der Waals surface area contributed by atoms with E-state index in [4.69, 9.17) is 5.41 Å². The van der Waals surface area contributed by atoms with Gasteiger partial charge in [-0.05, 0) is 24.5 Å². The molecule has 1 aliphatic rings. The number of aromatic nitrogens is 7. The highest BCUT2D eigenvalue weighted by molar-refractivity contribution is 5.76. The molecule has 0 saturated heterocycles. The van der Waals surface area contributed by atoms with Gasteiger partial charge in [0.1, 0.15) is 17.1 Å². The summed E-state index contributed by atoms with van der Waals surface area (Å²) >= 11 is 0. The summed E-state index contributed by atoms with van der Waals surface area (Å²) in [6.07, 6.45) is -12.1. The number of hydrogen-bond donors (Lipinski definition) is 1. The van der Waals surface area contributed by atoms with Gasteiger partial charge in [0.25, 0.3) is 6.43 Å². The SMILES string of the molecule is Cn1cc(C(F)(F)F)nc1-c1ccc(Cn2c(=N)n(C(F)C(F)F)c3cnc(-c4c(OC(F)(F)F)ccnc4C4CC4)nc32)cc1. The Morgan fingerprint density at radius 3 is 2.26 bits per heavy atom. The molecule has 0 aliphatic heterocycles. The zero-order valence-electron chi connectivity index (χ0n) is 23.4. The number of nitrogens with zero attached hydrogens (tertiary/aromatic N) is 7. The minimum absolute atomic E-state index is 0.0127. The number of nitrogens with one attached hydrogen (secondary N) is 1. The molecule has 1 aliphatic carbocycles. The Morgan fingerprint density at radius 2 is 1.67 bits per heavy atom. The molecule has 1 unspecified atom stereocenters. The summed E-state index contributed by atoms with van der Waals surface area (Å²) in [5.74, 6) is -1.15. The predicted octanol–water partition coefficient (Wildman–Crippen LogP) is 6.75. The normalized spacial score (nSPS) is 14.8. The Kier molecular flexibility index (Phi) is 7.55. The average Bonchev–Trinajstić information content (AvgIpc) is 3.69. The van der Waals surface area contributed by atoms with E-state index in [-0.39, 0.29) is 46.5 Å². The van der Waals surface area contributed by atoms with Crippen LogP contribution in [0.25, 0.3) is 33.9 Å². The first-order valence-electron chi connectivity index (χ1n) is 13.5. The van der Waals surface area contributed by atoms with Gasteiger partial charge < -0.3 is 9.30 Å². The summed E-state index contributed by atoms with van der Waals surface area (Å²) in [5.41, 5.74) is -1.66. The lowest BCUT2D eigenvalue weighted by Gasteiger charge is -2.15. The zero-order chi connectivity index (χ0) is 33.1. The first kappa shape index (κ1) is 31.1. The van der Waals surface area contributed by atoms with Crippen molar-refractivity contribution in [3.05, 3.63) is 71.5 Å². The number of aryl methyl sites for hydroxylation is 1. The number of benzene rings is 1. The third-order valence-corrected chi connectivity index (χ3v) is 7.28. The van der Waals surface area contributed by atoms with Crippen molar-refractivity contribution in [2.24, 2.45) is 7.05 Å². The van der Waals surface area contributed by atoms with Crippen LogP contribution in [-0.2, 0) is 19.8 Å². The van der Waals surface area contributed by atoms with Crippen molar-refractivity contribution in [2.45, 2.75) is 50.6 Å². The topological polar surface area (TPSA) is 99.4 Å². The molecule has 4 heterocycles. The Labute approximate surface area is 252 Å². The molecule has 1 aromatic carbocycles. The van der Waals surface area contributed by atoms with E-state index >= 15 is 0 Å². The second kappa shape index (κ2) is 11.2. The van der Waals surface area contributed by atoms with Crippen LogP contribution >= 0.6 is 0 Å². The van der Waals surface area contributed by atoms with Gasteiger partial charge in [0.2, 0.25) is 11.9 Å². The van der Waals surface area contributed by atoms with E-state index in [2.05, 4.69) is 24.7 Å². The van der Waals surface area contributed by atoms with Gasteiger partial charge >= 0.3 is 12.5 Å². The molecule has 242 valence electrons. The van der Waals surface area contributed by atoms with Gasteiger partial charge in [-0.3, -0.25) is 19.5 Å². The maximum Gasteiger partial charge on any atom is 0.573 e. The van der Waals surface area contributed by atoms with Gasteiger partial charge in [0, 0.05) is 30.9 Å². The van der Waals surface area contributed by atoms with Crippen molar-refractivity contribution >= 4 is 11.2 Å². The van der Waals surface area contributed by atoms with Crippen molar-refractivity contribution in [1.82, 2.24) is 33.6 Å². The molecule has 0 radical (unpaired) electrons. The molecule has 1 saturated carbocycles. The lowest BCUT2D eigenvalue weighted by molar-refractivity contribution is -0.274. The van der Waals surface area contributed by atoms with Crippen LogP contribution < -0.4 is 10.4 Å². The minimum Gasteiger partial charge on any atom is -0.405 e. The molecule has 9 nitrogen and oxygen atoms in total. The number of imidazole rings is 2. The number of alkyl halides is 9. The molecule has 0 amide bonds. The number of halogens is 9. The summed E-state index contributed by atoms with van der Waals surface area (Å²) in [6, 6.07) is 6.86. The molecule has 6 rings (SSSR count). The summed E-state index contributed by atoms with van der Waals surface area (Å²) in [6.45, 7) is -0.266. The first-order valence-corrected chi connectivity index (χ1v) is 13.5. The highest BCUT2D eigenvalue weighted by Gasteiger charge is 2.37. The lowest BCUT2D eigenvalue weighted by atomic mass is 10.1. The summed E-state index contributed by atoms with van der Waals surface area (Å²) < 4.78 is 128. The van der Waals surface area contributed by atoms with Crippen molar-refractivity contribution in [3.63, 3.8) is 0 Å². The van der Waals surface area contributed by atoms with Crippen LogP contribution in [0.3, 0.4) is 0 Å². The molecular weight excluding hydrogens is 635 g/mol. The van der Waals surface area contributed by atoms with E-state index in [9.17, 15) is 39.5 Å². The molecule has 1 N–H and O–H groups in total. The van der Waals surface area contributed by atoms with Crippen molar-refractivity contribution in [3.8, 4) is 28.5 Å². The van der Waals surface area contributed by atoms with Gasteiger partial charge in [-0.25, -0.2) is 28.1 Å².